The molecule has 0 bridgehead atoms. The zero-order valence-electron chi connectivity index (χ0n) is 11.3. The summed E-state index contributed by atoms with van der Waals surface area (Å²) in [5.74, 6) is 1.71. The lowest BCUT2D eigenvalue weighted by Crippen LogP contribution is -2.27. The van der Waals surface area contributed by atoms with Crippen molar-refractivity contribution in [1.82, 2.24) is 39.1 Å². The van der Waals surface area contributed by atoms with Crippen LogP contribution in [0.4, 0.5) is 0 Å². The minimum atomic E-state index is -0.219. The van der Waals surface area contributed by atoms with E-state index in [0.717, 1.165) is 0 Å². The van der Waals surface area contributed by atoms with Crippen LogP contribution in [0.15, 0.2) is 29.6 Å². The average molecular weight is 282 g/mol. The third-order valence-corrected chi connectivity index (χ3v) is 3.32. The molecule has 4 aromatic heterocycles. The van der Waals surface area contributed by atoms with Gasteiger partial charge in [-0.25, -0.2) is 14.3 Å². The molecule has 4 aromatic rings. The average Bonchev–Trinajstić information content (AvgIpc) is 3.07. The Morgan fingerprint density at radius 3 is 2.62 bits per heavy atom. The van der Waals surface area contributed by atoms with Crippen molar-refractivity contribution >= 4 is 16.7 Å². The molecule has 9 heteroatoms. The highest BCUT2D eigenvalue weighted by Crippen LogP contribution is 2.10. The van der Waals surface area contributed by atoms with E-state index in [2.05, 4.69) is 25.3 Å². The van der Waals surface area contributed by atoms with Gasteiger partial charge in [-0.3, -0.25) is 4.79 Å². The molecule has 0 aliphatic rings. The first kappa shape index (κ1) is 11.7. The van der Waals surface area contributed by atoms with E-state index in [9.17, 15) is 4.79 Å². The SMILES string of the molecule is Cc1nnc(C)n1-n1ccc2c(cnc3ncnn32)c1=O. The first-order valence-electron chi connectivity index (χ1n) is 6.26. The summed E-state index contributed by atoms with van der Waals surface area (Å²) in [5.41, 5.74) is 0.436. The zero-order chi connectivity index (χ0) is 14.6. The molecule has 0 radical (unpaired) electrons. The van der Waals surface area contributed by atoms with Crippen LogP contribution in [0.2, 0.25) is 0 Å². The van der Waals surface area contributed by atoms with Gasteiger partial charge in [0.15, 0.2) is 0 Å². The number of nitrogens with zero attached hydrogens (tertiary/aromatic N) is 8. The highest BCUT2D eigenvalue weighted by molar-refractivity contribution is 5.78. The van der Waals surface area contributed by atoms with E-state index in [1.165, 1.54) is 21.7 Å². The largest absolute Gasteiger partial charge is 0.280 e. The Balaban J connectivity index is 2.12. The van der Waals surface area contributed by atoms with Crippen LogP contribution in [0, 0.1) is 13.8 Å². The second-order valence-corrected chi connectivity index (χ2v) is 4.60. The minimum absolute atomic E-state index is 0.219. The molecule has 0 amide bonds. The Bertz CT molecular complexity index is 1020. The Morgan fingerprint density at radius 1 is 1.10 bits per heavy atom. The van der Waals surface area contributed by atoms with Gasteiger partial charge >= 0.3 is 0 Å². The van der Waals surface area contributed by atoms with Gasteiger partial charge in [-0.1, -0.05) is 0 Å². The fraction of sp³-hybridized carbons (Fsp3) is 0.167. The van der Waals surface area contributed by atoms with Crippen molar-refractivity contribution < 1.29 is 0 Å². The lowest BCUT2D eigenvalue weighted by Gasteiger charge is -2.10. The van der Waals surface area contributed by atoms with Crippen LogP contribution in [0.1, 0.15) is 11.6 Å². The molecule has 0 aliphatic carbocycles. The van der Waals surface area contributed by atoms with E-state index in [4.69, 9.17) is 0 Å². The maximum Gasteiger partial charge on any atom is 0.280 e. The van der Waals surface area contributed by atoms with E-state index in [1.54, 1.807) is 30.8 Å². The van der Waals surface area contributed by atoms with E-state index in [1.807, 2.05) is 0 Å². The van der Waals surface area contributed by atoms with Crippen LogP contribution in [-0.2, 0) is 0 Å². The Labute approximate surface area is 117 Å². The summed E-state index contributed by atoms with van der Waals surface area (Å²) < 4.78 is 4.64. The number of aryl methyl sites for hydroxylation is 2. The Hall–Kier alpha value is -3.10. The molecule has 104 valence electrons. The third-order valence-electron chi connectivity index (χ3n) is 3.32. The molecule has 0 N–H and O–H groups in total. The zero-order valence-corrected chi connectivity index (χ0v) is 11.3. The van der Waals surface area contributed by atoms with Gasteiger partial charge in [0, 0.05) is 12.4 Å². The summed E-state index contributed by atoms with van der Waals surface area (Å²) in [6.45, 7) is 3.57. The number of hydrogen-bond donors (Lipinski definition) is 0. The molecule has 0 atom stereocenters. The van der Waals surface area contributed by atoms with Crippen molar-refractivity contribution in [2.45, 2.75) is 13.8 Å². The van der Waals surface area contributed by atoms with Crippen molar-refractivity contribution in [3.8, 4) is 0 Å². The van der Waals surface area contributed by atoms with Crippen LogP contribution in [-0.4, -0.2) is 39.1 Å². The highest BCUT2D eigenvalue weighted by atomic mass is 16.1. The molecule has 0 spiro atoms. The van der Waals surface area contributed by atoms with Crippen LogP contribution in [0.5, 0.6) is 0 Å². The summed E-state index contributed by atoms with van der Waals surface area (Å²) in [7, 11) is 0. The summed E-state index contributed by atoms with van der Waals surface area (Å²) in [4.78, 5) is 20.8. The summed E-state index contributed by atoms with van der Waals surface area (Å²) >= 11 is 0. The normalized spacial score (nSPS) is 11.5. The van der Waals surface area contributed by atoms with Crippen molar-refractivity contribution in [3.63, 3.8) is 0 Å². The molecular weight excluding hydrogens is 272 g/mol. The van der Waals surface area contributed by atoms with E-state index in [0.29, 0.717) is 28.3 Å². The van der Waals surface area contributed by atoms with Gasteiger partial charge < -0.3 is 0 Å². The lowest BCUT2D eigenvalue weighted by molar-refractivity contribution is 0.594. The Morgan fingerprint density at radius 2 is 1.86 bits per heavy atom. The van der Waals surface area contributed by atoms with Crippen LogP contribution < -0.4 is 5.56 Å². The van der Waals surface area contributed by atoms with E-state index >= 15 is 0 Å². The van der Waals surface area contributed by atoms with Gasteiger partial charge in [-0.15, -0.1) is 10.2 Å². The summed E-state index contributed by atoms with van der Waals surface area (Å²) in [6.07, 6.45) is 4.57. The molecular formula is C12H10N8O. The minimum Gasteiger partial charge on any atom is -0.267 e. The lowest BCUT2D eigenvalue weighted by atomic mass is 10.3. The molecule has 21 heavy (non-hydrogen) atoms. The van der Waals surface area contributed by atoms with Crippen LogP contribution in [0.25, 0.3) is 16.7 Å². The summed E-state index contributed by atoms with van der Waals surface area (Å²) in [6, 6.07) is 1.79. The molecule has 0 fully saturated rings. The molecule has 4 heterocycles. The first-order chi connectivity index (χ1) is 10.2. The standard InChI is InChI=1S/C12H10N8O/c1-7-16-17-8(2)20(7)18-4-3-10-9(11(18)21)5-13-12-14-6-15-19(10)12/h3-6H,1-2H3. The molecule has 0 unspecified atom stereocenters. The summed E-state index contributed by atoms with van der Waals surface area (Å²) in [5, 5.41) is 12.5. The van der Waals surface area contributed by atoms with E-state index in [-0.39, 0.29) is 5.56 Å². The highest BCUT2D eigenvalue weighted by Gasteiger charge is 2.12. The second kappa shape index (κ2) is 3.95. The number of rotatable bonds is 1. The van der Waals surface area contributed by atoms with Gasteiger partial charge in [0.2, 0.25) is 0 Å². The maximum atomic E-state index is 12.7. The number of aromatic nitrogens is 8. The molecule has 9 nitrogen and oxygen atoms in total. The maximum absolute atomic E-state index is 12.7. The van der Waals surface area contributed by atoms with Crippen molar-refractivity contribution in [3.05, 3.63) is 46.8 Å². The predicted octanol–water partition coefficient (Wildman–Crippen LogP) is -0.0411. The molecule has 0 saturated heterocycles. The second-order valence-electron chi connectivity index (χ2n) is 4.60. The Kier molecular flexibility index (Phi) is 2.20. The van der Waals surface area contributed by atoms with Crippen LogP contribution in [0.3, 0.4) is 0 Å². The number of hydrogen-bond acceptors (Lipinski definition) is 6. The molecule has 0 saturated carbocycles. The smallest absolute Gasteiger partial charge is 0.267 e. The van der Waals surface area contributed by atoms with Gasteiger partial charge in [0.05, 0.1) is 10.9 Å². The fourth-order valence-corrected chi connectivity index (χ4v) is 2.39. The van der Waals surface area contributed by atoms with Gasteiger partial charge in [0.1, 0.15) is 18.0 Å². The fourth-order valence-electron chi connectivity index (χ4n) is 2.39. The third kappa shape index (κ3) is 1.51. The van der Waals surface area contributed by atoms with Gasteiger partial charge in [-0.05, 0) is 19.9 Å². The van der Waals surface area contributed by atoms with Crippen molar-refractivity contribution in [1.29, 1.82) is 0 Å². The van der Waals surface area contributed by atoms with Crippen molar-refractivity contribution in [2.24, 2.45) is 0 Å². The number of pyridine rings is 1. The van der Waals surface area contributed by atoms with Gasteiger partial charge in [-0.2, -0.15) is 14.6 Å². The predicted molar refractivity (Wildman–Crippen MR) is 72.8 cm³/mol. The monoisotopic (exact) mass is 282 g/mol. The molecule has 0 aliphatic heterocycles. The number of fused-ring (bicyclic) bond motifs is 3. The molecule has 4 rings (SSSR count). The first-order valence-corrected chi connectivity index (χ1v) is 6.26. The van der Waals surface area contributed by atoms with Gasteiger partial charge in [0.25, 0.3) is 11.3 Å². The topological polar surface area (TPSA) is 95.8 Å². The molecule has 0 aromatic carbocycles. The van der Waals surface area contributed by atoms with E-state index < -0.39 is 0 Å². The van der Waals surface area contributed by atoms with Crippen LogP contribution >= 0.6 is 0 Å². The van der Waals surface area contributed by atoms with Crippen molar-refractivity contribution in [2.75, 3.05) is 0 Å². The quantitative estimate of drug-likeness (QED) is 0.486.